The Bertz CT molecular complexity index is 377. The van der Waals surface area contributed by atoms with Crippen molar-refractivity contribution in [3.05, 3.63) is 0 Å². The number of likely N-dealkylation sites (tertiary alicyclic amines) is 1. The molecule has 0 radical (unpaired) electrons. The molecule has 2 unspecified atom stereocenters. The zero-order valence-electron chi connectivity index (χ0n) is 12.7. The van der Waals surface area contributed by atoms with E-state index in [0.29, 0.717) is 0 Å². The molecule has 5 nitrogen and oxygen atoms in total. The molecule has 0 aromatic rings. The molecule has 3 N–H and O–H groups in total. The van der Waals surface area contributed by atoms with E-state index in [1.807, 2.05) is 4.90 Å². The summed E-state index contributed by atoms with van der Waals surface area (Å²) >= 11 is 0. The van der Waals surface area contributed by atoms with E-state index in [1.54, 1.807) is 0 Å². The van der Waals surface area contributed by atoms with Gasteiger partial charge in [-0.1, -0.05) is 26.2 Å². The maximum absolute atomic E-state index is 12.9. The fraction of sp³-hybridized carbons (Fsp3) is 0.867. The summed E-state index contributed by atoms with van der Waals surface area (Å²) < 4.78 is 0. The molecule has 5 heteroatoms. The number of rotatable bonds is 3. The smallest absolute Gasteiger partial charge is 0.312 e. The predicted molar refractivity (Wildman–Crippen MR) is 78.1 cm³/mol. The highest BCUT2D eigenvalue weighted by atomic mass is 16.2. The van der Waals surface area contributed by atoms with Crippen molar-refractivity contribution in [2.75, 3.05) is 6.54 Å². The van der Waals surface area contributed by atoms with Crippen molar-refractivity contribution >= 4 is 11.9 Å². The Morgan fingerprint density at radius 1 is 1.25 bits per heavy atom. The Kier molecular flexibility index (Phi) is 4.55. The van der Waals surface area contributed by atoms with E-state index in [0.717, 1.165) is 45.1 Å². The Labute approximate surface area is 121 Å². The Balaban J connectivity index is 2.17. The number of nitrogens with two attached hydrogens (primary N) is 1. The van der Waals surface area contributed by atoms with Crippen molar-refractivity contribution in [3.8, 4) is 0 Å². The van der Waals surface area contributed by atoms with E-state index in [1.165, 1.54) is 6.42 Å². The summed E-state index contributed by atoms with van der Waals surface area (Å²) in [6.07, 6.45) is 7.51. The van der Waals surface area contributed by atoms with Crippen molar-refractivity contribution < 1.29 is 9.59 Å². The highest BCUT2D eigenvalue weighted by molar-refractivity contribution is 5.87. The molecule has 3 amide bonds. The van der Waals surface area contributed by atoms with Gasteiger partial charge in [-0.2, -0.15) is 0 Å². The normalized spacial score (nSPS) is 27.1. The fourth-order valence-corrected chi connectivity index (χ4v) is 3.75. The number of primary amides is 1. The standard InChI is InChI=1S/C15H27N3O2/c1-11-7-6-10-18(11)13(19)12(17-14(16)20)15(2)8-4-3-5-9-15/h11-12H,3-10H2,1-2H3,(H3,16,17,20). The van der Waals surface area contributed by atoms with E-state index < -0.39 is 12.1 Å². The lowest BCUT2D eigenvalue weighted by Gasteiger charge is -2.41. The molecule has 1 heterocycles. The molecule has 0 aromatic heterocycles. The number of carbonyl (C=O) groups excluding carboxylic acids is 2. The molecular formula is C15H27N3O2. The van der Waals surface area contributed by atoms with Gasteiger partial charge in [-0.25, -0.2) is 4.79 Å². The topological polar surface area (TPSA) is 75.4 Å². The van der Waals surface area contributed by atoms with E-state index in [-0.39, 0.29) is 17.4 Å². The molecule has 1 aliphatic carbocycles. The van der Waals surface area contributed by atoms with Crippen LogP contribution < -0.4 is 11.1 Å². The molecule has 2 rings (SSSR count). The molecule has 1 aliphatic heterocycles. The molecule has 1 saturated heterocycles. The Hall–Kier alpha value is -1.26. The summed E-state index contributed by atoms with van der Waals surface area (Å²) in [7, 11) is 0. The minimum Gasteiger partial charge on any atom is -0.352 e. The summed E-state index contributed by atoms with van der Waals surface area (Å²) in [5, 5.41) is 2.73. The number of carbonyl (C=O) groups is 2. The van der Waals surface area contributed by atoms with Gasteiger partial charge in [-0.3, -0.25) is 4.79 Å². The zero-order valence-corrected chi connectivity index (χ0v) is 12.7. The third-order valence-corrected chi connectivity index (χ3v) is 5.06. The average molecular weight is 281 g/mol. The summed E-state index contributed by atoms with van der Waals surface area (Å²) in [4.78, 5) is 26.1. The Morgan fingerprint density at radius 2 is 1.90 bits per heavy atom. The minimum atomic E-state index is -0.595. The van der Waals surface area contributed by atoms with Gasteiger partial charge in [0.25, 0.3) is 0 Å². The van der Waals surface area contributed by atoms with E-state index >= 15 is 0 Å². The highest BCUT2D eigenvalue weighted by Gasteiger charge is 2.43. The van der Waals surface area contributed by atoms with Gasteiger partial charge >= 0.3 is 6.03 Å². The lowest BCUT2D eigenvalue weighted by atomic mass is 9.70. The molecule has 20 heavy (non-hydrogen) atoms. The summed E-state index contributed by atoms with van der Waals surface area (Å²) in [5.74, 6) is 0.0539. The van der Waals surface area contributed by atoms with Gasteiger partial charge in [0.2, 0.25) is 5.91 Å². The number of amides is 3. The predicted octanol–water partition coefficient (Wildman–Crippen LogP) is 2.00. The first-order chi connectivity index (χ1) is 9.44. The first-order valence-corrected chi connectivity index (χ1v) is 7.80. The molecule has 114 valence electrons. The molecule has 0 aromatic carbocycles. The van der Waals surface area contributed by atoms with Crippen LogP contribution in [0.3, 0.4) is 0 Å². The first-order valence-electron chi connectivity index (χ1n) is 7.80. The number of hydrogen-bond acceptors (Lipinski definition) is 2. The number of urea groups is 1. The van der Waals surface area contributed by atoms with Crippen LogP contribution in [0.1, 0.15) is 58.8 Å². The van der Waals surface area contributed by atoms with Gasteiger partial charge in [-0.15, -0.1) is 0 Å². The van der Waals surface area contributed by atoms with Crippen molar-refractivity contribution in [1.82, 2.24) is 10.2 Å². The molecule has 2 aliphatic rings. The minimum absolute atomic E-state index is 0.0539. The number of nitrogens with zero attached hydrogens (tertiary/aromatic N) is 1. The third kappa shape index (κ3) is 3.07. The van der Waals surface area contributed by atoms with Crippen LogP contribution in [-0.2, 0) is 4.79 Å². The van der Waals surface area contributed by atoms with Gasteiger partial charge in [-0.05, 0) is 38.0 Å². The second-order valence-electron chi connectivity index (χ2n) is 6.68. The van der Waals surface area contributed by atoms with E-state index in [4.69, 9.17) is 5.73 Å². The highest BCUT2D eigenvalue weighted by Crippen LogP contribution is 2.40. The summed E-state index contributed by atoms with van der Waals surface area (Å²) in [6.45, 7) is 4.99. The quantitative estimate of drug-likeness (QED) is 0.830. The van der Waals surface area contributed by atoms with E-state index in [9.17, 15) is 9.59 Å². The van der Waals surface area contributed by atoms with Gasteiger partial charge in [0.05, 0.1) is 0 Å². The number of hydrogen-bond donors (Lipinski definition) is 2. The summed E-state index contributed by atoms with van der Waals surface area (Å²) in [5.41, 5.74) is 5.15. The van der Waals surface area contributed by atoms with E-state index in [2.05, 4.69) is 19.2 Å². The van der Waals surface area contributed by atoms with Crippen molar-refractivity contribution in [2.45, 2.75) is 70.9 Å². The first kappa shape index (κ1) is 15.1. The molecule has 2 fully saturated rings. The van der Waals surface area contributed by atoms with Gasteiger partial charge < -0.3 is 16.0 Å². The Morgan fingerprint density at radius 3 is 2.40 bits per heavy atom. The summed E-state index contributed by atoms with van der Waals surface area (Å²) in [6, 6.07) is -0.797. The second-order valence-corrected chi connectivity index (χ2v) is 6.68. The third-order valence-electron chi connectivity index (χ3n) is 5.06. The van der Waals surface area contributed by atoms with Crippen LogP contribution in [0.4, 0.5) is 4.79 Å². The molecule has 0 bridgehead atoms. The SMILES string of the molecule is CC1CCCN1C(=O)C(NC(N)=O)C1(C)CCCCC1. The van der Waals surface area contributed by atoms with Crippen LogP contribution in [0.25, 0.3) is 0 Å². The largest absolute Gasteiger partial charge is 0.352 e. The average Bonchev–Trinajstić information content (AvgIpc) is 2.82. The maximum atomic E-state index is 12.9. The van der Waals surface area contributed by atoms with Crippen LogP contribution >= 0.6 is 0 Å². The lowest BCUT2D eigenvalue weighted by Crippen LogP contribution is -2.58. The molecular weight excluding hydrogens is 254 g/mol. The van der Waals surface area contributed by atoms with Gasteiger partial charge in [0.1, 0.15) is 6.04 Å². The van der Waals surface area contributed by atoms with Gasteiger partial charge in [0.15, 0.2) is 0 Å². The van der Waals surface area contributed by atoms with Crippen LogP contribution in [0, 0.1) is 5.41 Å². The molecule has 2 atom stereocenters. The van der Waals surface area contributed by atoms with Crippen molar-refractivity contribution in [3.63, 3.8) is 0 Å². The van der Waals surface area contributed by atoms with Gasteiger partial charge in [0, 0.05) is 12.6 Å². The fourth-order valence-electron chi connectivity index (χ4n) is 3.75. The number of nitrogens with one attached hydrogen (secondary N) is 1. The maximum Gasteiger partial charge on any atom is 0.312 e. The van der Waals surface area contributed by atoms with Crippen LogP contribution in [0.5, 0.6) is 0 Å². The van der Waals surface area contributed by atoms with Crippen molar-refractivity contribution in [1.29, 1.82) is 0 Å². The van der Waals surface area contributed by atoms with Crippen molar-refractivity contribution in [2.24, 2.45) is 11.1 Å². The monoisotopic (exact) mass is 281 g/mol. The molecule has 1 saturated carbocycles. The molecule has 0 spiro atoms. The van der Waals surface area contributed by atoms with Crippen LogP contribution in [0.2, 0.25) is 0 Å². The van der Waals surface area contributed by atoms with Crippen LogP contribution in [0.15, 0.2) is 0 Å². The zero-order chi connectivity index (χ0) is 14.8. The van der Waals surface area contributed by atoms with Crippen LogP contribution in [-0.4, -0.2) is 35.5 Å². The second kappa shape index (κ2) is 6.02. The lowest BCUT2D eigenvalue weighted by molar-refractivity contribution is -0.137.